The van der Waals surface area contributed by atoms with Gasteiger partial charge in [0.1, 0.15) is 0 Å². The molecule has 0 aliphatic rings. The Morgan fingerprint density at radius 1 is 1.36 bits per heavy atom. The van der Waals surface area contributed by atoms with Crippen molar-refractivity contribution in [1.82, 2.24) is 5.32 Å². The lowest BCUT2D eigenvalue weighted by Crippen LogP contribution is -2.26. The van der Waals surface area contributed by atoms with Gasteiger partial charge < -0.3 is 10.1 Å². The minimum absolute atomic E-state index is 0.113. The molecule has 0 atom stereocenters. The molecule has 14 heavy (non-hydrogen) atoms. The second-order valence-electron chi connectivity index (χ2n) is 2.96. The molecule has 1 rings (SSSR count). The molecule has 0 heterocycles. The summed E-state index contributed by atoms with van der Waals surface area (Å²) in [5.74, 6) is 0.113. The number of rotatable bonds is 6. The maximum Gasteiger partial charge on any atom is 0.176 e. The average molecular weight is 193 g/mol. The molecule has 0 radical (unpaired) electrons. The van der Waals surface area contributed by atoms with E-state index in [4.69, 9.17) is 4.74 Å². The van der Waals surface area contributed by atoms with Crippen LogP contribution in [0.1, 0.15) is 10.4 Å². The minimum Gasteiger partial charge on any atom is -0.383 e. The molecular formula is C11H15NO2. The Bertz CT molecular complexity index is 272. The molecule has 0 bridgehead atoms. The van der Waals surface area contributed by atoms with Gasteiger partial charge in [0.15, 0.2) is 5.78 Å². The lowest BCUT2D eigenvalue weighted by molar-refractivity contribution is 0.0987. The summed E-state index contributed by atoms with van der Waals surface area (Å²) in [5, 5.41) is 3.01. The van der Waals surface area contributed by atoms with Gasteiger partial charge in [-0.15, -0.1) is 0 Å². The Morgan fingerprint density at radius 3 is 2.71 bits per heavy atom. The summed E-state index contributed by atoms with van der Waals surface area (Å²) in [4.78, 5) is 11.5. The van der Waals surface area contributed by atoms with Crippen LogP contribution in [0.5, 0.6) is 0 Å². The van der Waals surface area contributed by atoms with E-state index < -0.39 is 0 Å². The van der Waals surface area contributed by atoms with Crippen LogP contribution in [0, 0.1) is 0 Å². The molecule has 0 saturated carbocycles. The third kappa shape index (κ3) is 3.68. The molecule has 1 aromatic rings. The first kappa shape index (κ1) is 10.9. The molecule has 0 aliphatic heterocycles. The highest BCUT2D eigenvalue weighted by Crippen LogP contribution is 1.98. The first-order valence-corrected chi connectivity index (χ1v) is 4.62. The van der Waals surface area contributed by atoms with E-state index in [-0.39, 0.29) is 5.78 Å². The van der Waals surface area contributed by atoms with E-state index >= 15 is 0 Å². The number of ketones is 1. The van der Waals surface area contributed by atoms with E-state index in [1.807, 2.05) is 30.3 Å². The highest BCUT2D eigenvalue weighted by molar-refractivity contribution is 5.97. The van der Waals surface area contributed by atoms with Gasteiger partial charge in [-0.25, -0.2) is 0 Å². The van der Waals surface area contributed by atoms with Gasteiger partial charge in [-0.2, -0.15) is 0 Å². The van der Waals surface area contributed by atoms with Gasteiger partial charge in [0.25, 0.3) is 0 Å². The van der Waals surface area contributed by atoms with Gasteiger partial charge in [0.2, 0.25) is 0 Å². The molecule has 0 aliphatic carbocycles. The summed E-state index contributed by atoms with van der Waals surface area (Å²) in [6.45, 7) is 1.70. The average Bonchev–Trinajstić information content (AvgIpc) is 2.25. The number of carbonyl (C=O) groups excluding carboxylic acids is 1. The number of hydrogen-bond acceptors (Lipinski definition) is 3. The SMILES string of the molecule is COCCNCC(=O)c1ccccc1. The maximum absolute atomic E-state index is 11.5. The molecule has 3 nitrogen and oxygen atoms in total. The number of benzene rings is 1. The molecule has 0 fully saturated rings. The third-order valence-electron chi connectivity index (χ3n) is 1.86. The van der Waals surface area contributed by atoms with Crippen LogP contribution in [0.4, 0.5) is 0 Å². The number of methoxy groups -OCH3 is 1. The zero-order valence-electron chi connectivity index (χ0n) is 8.32. The van der Waals surface area contributed by atoms with Gasteiger partial charge in [-0.3, -0.25) is 4.79 Å². The van der Waals surface area contributed by atoms with Crippen molar-refractivity contribution in [3.63, 3.8) is 0 Å². The fraction of sp³-hybridized carbons (Fsp3) is 0.364. The number of hydrogen-bond donors (Lipinski definition) is 1. The Hall–Kier alpha value is -1.19. The molecule has 0 saturated heterocycles. The number of carbonyl (C=O) groups is 1. The van der Waals surface area contributed by atoms with Crippen molar-refractivity contribution in [3.05, 3.63) is 35.9 Å². The summed E-state index contributed by atoms with van der Waals surface area (Å²) in [7, 11) is 1.64. The summed E-state index contributed by atoms with van der Waals surface area (Å²) < 4.78 is 4.86. The van der Waals surface area contributed by atoms with E-state index in [2.05, 4.69) is 5.32 Å². The summed E-state index contributed by atoms with van der Waals surface area (Å²) in [6, 6.07) is 9.26. The van der Waals surface area contributed by atoms with Crippen molar-refractivity contribution in [1.29, 1.82) is 0 Å². The quantitative estimate of drug-likeness (QED) is 0.543. The van der Waals surface area contributed by atoms with Crippen LogP contribution in [-0.4, -0.2) is 32.6 Å². The molecule has 1 N–H and O–H groups in total. The molecule has 3 heteroatoms. The van der Waals surface area contributed by atoms with E-state index in [0.717, 1.165) is 5.56 Å². The van der Waals surface area contributed by atoms with Gasteiger partial charge in [0, 0.05) is 19.2 Å². The minimum atomic E-state index is 0.113. The normalized spacial score (nSPS) is 10.1. The maximum atomic E-state index is 11.5. The fourth-order valence-electron chi connectivity index (χ4n) is 1.10. The first-order chi connectivity index (χ1) is 6.84. The second-order valence-corrected chi connectivity index (χ2v) is 2.96. The van der Waals surface area contributed by atoms with E-state index in [9.17, 15) is 4.79 Å². The van der Waals surface area contributed by atoms with Crippen molar-refractivity contribution in [2.75, 3.05) is 26.8 Å². The van der Waals surface area contributed by atoms with Crippen LogP contribution in [0.2, 0.25) is 0 Å². The monoisotopic (exact) mass is 193 g/mol. The molecule has 0 unspecified atom stereocenters. The lowest BCUT2D eigenvalue weighted by Gasteiger charge is -2.02. The predicted molar refractivity (Wildman–Crippen MR) is 55.5 cm³/mol. The number of Topliss-reactive ketones (excluding diaryl/α,β-unsaturated/α-hetero) is 1. The van der Waals surface area contributed by atoms with Crippen LogP contribution >= 0.6 is 0 Å². The van der Waals surface area contributed by atoms with Gasteiger partial charge in [0.05, 0.1) is 13.2 Å². The molecule has 0 amide bonds. The standard InChI is InChI=1S/C11H15NO2/c1-14-8-7-12-9-11(13)10-5-3-2-4-6-10/h2-6,12H,7-9H2,1H3. The zero-order valence-corrected chi connectivity index (χ0v) is 8.32. The van der Waals surface area contributed by atoms with Crippen molar-refractivity contribution in [3.8, 4) is 0 Å². The molecular weight excluding hydrogens is 178 g/mol. The Morgan fingerprint density at radius 2 is 2.07 bits per heavy atom. The smallest absolute Gasteiger partial charge is 0.176 e. The highest BCUT2D eigenvalue weighted by atomic mass is 16.5. The van der Waals surface area contributed by atoms with Crippen molar-refractivity contribution >= 4 is 5.78 Å². The fourth-order valence-corrected chi connectivity index (χ4v) is 1.10. The van der Waals surface area contributed by atoms with Crippen LogP contribution in [0.3, 0.4) is 0 Å². The Kier molecular flexibility index (Phi) is 4.89. The molecule has 76 valence electrons. The van der Waals surface area contributed by atoms with Crippen molar-refractivity contribution in [2.45, 2.75) is 0 Å². The topological polar surface area (TPSA) is 38.3 Å². The summed E-state index contributed by atoms with van der Waals surface area (Å²) >= 11 is 0. The Balaban J connectivity index is 2.29. The van der Waals surface area contributed by atoms with E-state index in [1.165, 1.54) is 0 Å². The predicted octanol–water partition coefficient (Wildman–Crippen LogP) is 1.11. The molecule has 0 spiro atoms. The molecule has 0 aromatic heterocycles. The lowest BCUT2D eigenvalue weighted by atomic mass is 10.1. The Labute approximate surface area is 84.1 Å². The van der Waals surface area contributed by atoms with Crippen LogP contribution < -0.4 is 5.32 Å². The largest absolute Gasteiger partial charge is 0.383 e. The van der Waals surface area contributed by atoms with Crippen LogP contribution in [0.25, 0.3) is 0 Å². The molecule has 1 aromatic carbocycles. The van der Waals surface area contributed by atoms with Gasteiger partial charge in [-0.05, 0) is 0 Å². The summed E-state index contributed by atoms with van der Waals surface area (Å²) in [6.07, 6.45) is 0. The first-order valence-electron chi connectivity index (χ1n) is 4.62. The van der Waals surface area contributed by atoms with Crippen LogP contribution in [-0.2, 0) is 4.74 Å². The third-order valence-corrected chi connectivity index (χ3v) is 1.86. The van der Waals surface area contributed by atoms with Crippen molar-refractivity contribution < 1.29 is 9.53 Å². The van der Waals surface area contributed by atoms with E-state index in [0.29, 0.717) is 19.7 Å². The van der Waals surface area contributed by atoms with Gasteiger partial charge in [-0.1, -0.05) is 30.3 Å². The second kappa shape index (κ2) is 6.29. The summed E-state index contributed by atoms with van der Waals surface area (Å²) in [5.41, 5.74) is 0.748. The number of nitrogens with one attached hydrogen (secondary N) is 1. The zero-order chi connectivity index (χ0) is 10.2. The van der Waals surface area contributed by atoms with Crippen molar-refractivity contribution in [2.24, 2.45) is 0 Å². The van der Waals surface area contributed by atoms with E-state index in [1.54, 1.807) is 7.11 Å². The highest BCUT2D eigenvalue weighted by Gasteiger charge is 2.02. The number of ether oxygens (including phenoxy) is 1. The van der Waals surface area contributed by atoms with Gasteiger partial charge >= 0.3 is 0 Å². The van der Waals surface area contributed by atoms with Crippen LogP contribution in [0.15, 0.2) is 30.3 Å².